The molecule has 7 nitrogen and oxygen atoms in total. The van der Waals surface area contributed by atoms with Gasteiger partial charge in [-0.15, -0.1) is 0 Å². The number of fused-ring (bicyclic) bond motifs is 2. The number of nitrogens with zero attached hydrogens (tertiary/aromatic N) is 2. The van der Waals surface area contributed by atoms with Crippen molar-refractivity contribution in [1.29, 1.82) is 0 Å². The molecule has 8 heteroatoms. The molecule has 0 saturated carbocycles. The number of amides is 1. The van der Waals surface area contributed by atoms with E-state index in [9.17, 15) is 18.4 Å². The van der Waals surface area contributed by atoms with E-state index < -0.39 is 23.0 Å². The number of aromatic nitrogens is 1. The van der Waals surface area contributed by atoms with E-state index in [2.05, 4.69) is 4.98 Å². The topological polar surface area (TPSA) is 96.5 Å². The Bertz CT molecular complexity index is 1340. The molecule has 0 spiro atoms. The molecule has 1 heterocycles. The van der Waals surface area contributed by atoms with Gasteiger partial charge in [0.1, 0.15) is 0 Å². The summed E-state index contributed by atoms with van der Waals surface area (Å²) < 4.78 is 25.8. The van der Waals surface area contributed by atoms with Gasteiger partial charge in [-0.2, -0.15) is 0 Å². The van der Waals surface area contributed by atoms with Crippen LogP contribution in [0.4, 0.5) is 11.4 Å². The predicted octanol–water partition coefficient (Wildman–Crippen LogP) is 4.30. The third-order valence-electron chi connectivity index (χ3n) is 5.52. The Morgan fingerprint density at radius 1 is 0.969 bits per heavy atom. The molecule has 0 aliphatic rings. The molecule has 4 aromatic rings. The highest BCUT2D eigenvalue weighted by Gasteiger charge is 2.24. The summed E-state index contributed by atoms with van der Waals surface area (Å²) >= 11 is -2.62. The number of carbonyl (C=O) groups excluding carboxylic acids is 2. The fourth-order valence-electron chi connectivity index (χ4n) is 3.88. The highest BCUT2D eigenvalue weighted by molar-refractivity contribution is 7.81. The molecule has 32 heavy (non-hydrogen) atoms. The summed E-state index contributed by atoms with van der Waals surface area (Å²) in [5.74, 6) is -1.21. The molecule has 0 fully saturated rings. The maximum absolute atomic E-state index is 12.9. The highest BCUT2D eigenvalue weighted by Crippen LogP contribution is 2.35. The van der Waals surface area contributed by atoms with Crippen molar-refractivity contribution in [3.63, 3.8) is 0 Å². The molecule has 1 unspecified atom stereocenters. The number of benzene rings is 3. The van der Waals surface area contributed by atoms with Crippen molar-refractivity contribution in [3.8, 4) is 0 Å². The first-order chi connectivity index (χ1) is 15.5. The smallest absolute Gasteiger partial charge is 0.295 e. The van der Waals surface area contributed by atoms with Crippen molar-refractivity contribution in [3.05, 3.63) is 72.4 Å². The van der Waals surface area contributed by atoms with E-state index in [1.807, 2.05) is 44.2 Å². The lowest BCUT2D eigenvalue weighted by Gasteiger charge is -2.28. The average molecular weight is 449 g/mol. The molecule has 1 atom stereocenters. The van der Waals surface area contributed by atoms with E-state index in [0.717, 1.165) is 10.8 Å². The van der Waals surface area contributed by atoms with Gasteiger partial charge in [0.2, 0.25) is 0 Å². The maximum atomic E-state index is 12.9. The lowest BCUT2D eigenvalue weighted by molar-refractivity contribution is -0.126. The maximum Gasteiger partial charge on any atom is 0.295 e. The summed E-state index contributed by atoms with van der Waals surface area (Å²) in [5, 5.41) is 2.17. The molecule has 1 amide bonds. The van der Waals surface area contributed by atoms with Gasteiger partial charge in [0, 0.05) is 35.6 Å². The van der Waals surface area contributed by atoms with Gasteiger partial charge in [-0.25, -0.2) is 0 Å². The zero-order valence-electron chi connectivity index (χ0n) is 17.7. The molecule has 164 valence electrons. The van der Waals surface area contributed by atoms with Gasteiger partial charge in [0.15, 0.2) is 0 Å². The minimum Gasteiger partial charge on any atom is -0.755 e. The van der Waals surface area contributed by atoms with Crippen LogP contribution in [0.25, 0.3) is 21.7 Å². The Labute approximate surface area is 188 Å². The molecule has 0 aliphatic heterocycles. The number of aromatic amines is 1. The Morgan fingerprint density at radius 3 is 2.41 bits per heavy atom. The number of Topliss-reactive ketones (excluding diaryl/α,β-unsaturated/α-hetero) is 1. The van der Waals surface area contributed by atoms with Gasteiger partial charge in [-0.1, -0.05) is 36.4 Å². The number of likely N-dealkylation sites (N-methyl/N-ethyl adjacent to an activating group) is 1. The van der Waals surface area contributed by atoms with Gasteiger partial charge in [-0.05, 0) is 43.5 Å². The van der Waals surface area contributed by atoms with Gasteiger partial charge in [0.05, 0.1) is 28.2 Å². The monoisotopic (exact) mass is 448 g/mol. The summed E-state index contributed by atoms with van der Waals surface area (Å²) in [7, 11) is 0. The van der Waals surface area contributed by atoms with Crippen LogP contribution < -0.4 is 4.31 Å². The molecule has 0 radical (unpaired) electrons. The Kier molecular flexibility index (Phi) is 6.07. The van der Waals surface area contributed by atoms with Crippen molar-refractivity contribution < 1.29 is 18.4 Å². The number of H-pyrrole nitrogens is 1. The van der Waals surface area contributed by atoms with Crippen molar-refractivity contribution in [2.45, 2.75) is 13.8 Å². The van der Waals surface area contributed by atoms with E-state index in [4.69, 9.17) is 0 Å². The van der Waals surface area contributed by atoms with Gasteiger partial charge < -0.3 is 14.4 Å². The number of hydrogen-bond acceptors (Lipinski definition) is 4. The number of anilines is 2. The minimum atomic E-state index is -2.62. The van der Waals surface area contributed by atoms with Crippen LogP contribution in [0.1, 0.15) is 24.2 Å². The van der Waals surface area contributed by atoms with Crippen molar-refractivity contribution in [2.24, 2.45) is 0 Å². The van der Waals surface area contributed by atoms with Crippen LogP contribution in [0.15, 0.2) is 66.9 Å². The molecule has 1 N–H and O–H groups in total. The Balaban J connectivity index is 1.83. The Morgan fingerprint density at radius 2 is 1.69 bits per heavy atom. The predicted molar refractivity (Wildman–Crippen MR) is 126 cm³/mol. The fourth-order valence-corrected chi connectivity index (χ4v) is 4.49. The summed E-state index contributed by atoms with van der Waals surface area (Å²) in [6, 6.07) is 17.9. The summed E-state index contributed by atoms with van der Waals surface area (Å²) in [4.78, 5) is 29.9. The molecular formula is C24H22N3O4S-. The zero-order chi connectivity index (χ0) is 22.8. The first kappa shape index (κ1) is 21.7. The Hall–Kier alpha value is -3.49. The number of hydrogen-bond donors (Lipinski definition) is 1. The van der Waals surface area contributed by atoms with Crippen LogP contribution in [0, 0.1) is 0 Å². The normalized spacial score (nSPS) is 12.1. The second kappa shape index (κ2) is 8.94. The highest BCUT2D eigenvalue weighted by atomic mass is 32.2. The fraction of sp³-hybridized carbons (Fsp3) is 0.167. The van der Waals surface area contributed by atoms with Crippen molar-refractivity contribution in [1.82, 2.24) is 9.88 Å². The second-order valence-electron chi connectivity index (χ2n) is 7.25. The van der Waals surface area contributed by atoms with E-state index in [-0.39, 0.29) is 5.56 Å². The molecule has 0 aliphatic carbocycles. The van der Waals surface area contributed by atoms with Crippen molar-refractivity contribution >= 4 is 56.0 Å². The first-order valence-electron chi connectivity index (χ1n) is 10.3. The zero-order valence-corrected chi connectivity index (χ0v) is 18.5. The van der Waals surface area contributed by atoms with Gasteiger partial charge in [-0.3, -0.25) is 18.1 Å². The van der Waals surface area contributed by atoms with E-state index in [1.165, 1.54) is 15.4 Å². The van der Waals surface area contributed by atoms with Crippen molar-refractivity contribution in [2.75, 3.05) is 17.4 Å². The van der Waals surface area contributed by atoms with Crippen LogP contribution in [0.3, 0.4) is 0 Å². The standard InChI is InChI=1S/C24H23N3O4S/c1-3-26(4-2)24(29)23(28)20-15-25-21-13-12-17(14-19(20)21)27(32(30)31)22-11-7-9-16-8-5-6-10-18(16)22/h5-15,25H,3-4H2,1-2H3,(H,30,31)/p-1. The lowest BCUT2D eigenvalue weighted by Crippen LogP contribution is -2.36. The SMILES string of the molecule is CCN(CC)C(=O)C(=O)c1c[nH]c2ccc(N(c3cccc4ccccc34)S(=O)[O-])cc12. The van der Waals surface area contributed by atoms with Crippen LogP contribution in [0.5, 0.6) is 0 Å². The molecular weight excluding hydrogens is 426 g/mol. The first-order valence-corrected chi connectivity index (χ1v) is 11.3. The van der Waals surface area contributed by atoms with Crippen LogP contribution in [-0.2, 0) is 16.1 Å². The van der Waals surface area contributed by atoms with Crippen LogP contribution in [-0.4, -0.2) is 43.4 Å². The molecule has 3 aromatic carbocycles. The summed E-state index contributed by atoms with van der Waals surface area (Å²) in [6.07, 6.45) is 1.49. The number of rotatable bonds is 7. The molecule has 4 rings (SSSR count). The number of ketones is 1. The average Bonchev–Trinajstić information content (AvgIpc) is 3.23. The van der Waals surface area contributed by atoms with Gasteiger partial charge in [0.25, 0.3) is 11.7 Å². The summed E-state index contributed by atoms with van der Waals surface area (Å²) in [5.41, 5.74) is 1.72. The van der Waals surface area contributed by atoms with E-state index >= 15 is 0 Å². The number of carbonyl (C=O) groups is 2. The molecule has 0 bridgehead atoms. The lowest BCUT2D eigenvalue weighted by atomic mass is 10.1. The van der Waals surface area contributed by atoms with Crippen LogP contribution >= 0.6 is 0 Å². The largest absolute Gasteiger partial charge is 0.755 e. The molecule has 0 saturated heterocycles. The third-order valence-corrected chi connectivity index (χ3v) is 6.23. The molecule has 1 aromatic heterocycles. The third kappa shape index (κ3) is 3.79. The van der Waals surface area contributed by atoms with E-state index in [1.54, 1.807) is 30.3 Å². The quantitative estimate of drug-likeness (QED) is 0.259. The van der Waals surface area contributed by atoms with Crippen LogP contribution in [0.2, 0.25) is 0 Å². The van der Waals surface area contributed by atoms with Gasteiger partial charge >= 0.3 is 0 Å². The second-order valence-corrected chi connectivity index (χ2v) is 8.05. The number of nitrogens with one attached hydrogen (secondary N) is 1. The van der Waals surface area contributed by atoms with E-state index in [0.29, 0.717) is 35.4 Å². The minimum absolute atomic E-state index is 0.216. The summed E-state index contributed by atoms with van der Waals surface area (Å²) in [6.45, 7) is 4.48.